The third-order valence-corrected chi connectivity index (χ3v) is 6.02. The number of rotatable bonds is 8. The molecule has 0 aliphatic heterocycles. The van der Waals surface area contributed by atoms with Crippen molar-refractivity contribution < 1.29 is 23.5 Å². The van der Waals surface area contributed by atoms with E-state index in [4.69, 9.17) is 4.74 Å². The minimum Gasteiger partial charge on any atom is -0.449 e. The first kappa shape index (κ1) is 22.8. The standard InChI is InChI=1S/C23H25FN2O4S/c1-15(22(28)26-17-6-2-3-7-17)30-23(29)19-8-4-5-9-20(19)31-14-21(27)25-18-12-10-16(24)11-13-18/h4-5,8-13,15,17H,2-3,6-7,14H2,1H3,(H,25,27)(H,26,28)/t15-/m1/s1. The highest BCUT2D eigenvalue weighted by Gasteiger charge is 2.24. The number of carbonyl (C=O) groups is 3. The maximum atomic E-state index is 13.0. The van der Waals surface area contributed by atoms with Crippen molar-refractivity contribution in [2.75, 3.05) is 11.1 Å². The fourth-order valence-electron chi connectivity index (χ4n) is 3.30. The molecule has 1 atom stereocenters. The molecule has 0 bridgehead atoms. The first-order valence-corrected chi connectivity index (χ1v) is 11.2. The highest BCUT2D eigenvalue weighted by molar-refractivity contribution is 8.00. The molecule has 2 amide bonds. The summed E-state index contributed by atoms with van der Waals surface area (Å²) in [5.74, 6) is -1.53. The molecule has 0 unspecified atom stereocenters. The van der Waals surface area contributed by atoms with Crippen LogP contribution in [0.25, 0.3) is 0 Å². The maximum absolute atomic E-state index is 13.0. The normalized spacial score (nSPS) is 14.6. The van der Waals surface area contributed by atoms with Gasteiger partial charge in [-0.15, -0.1) is 11.8 Å². The summed E-state index contributed by atoms with van der Waals surface area (Å²) < 4.78 is 18.3. The van der Waals surface area contributed by atoms with E-state index in [1.54, 1.807) is 31.2 Å². The van der Waals surface area contributed by atoms with E-state index >= 15 is 0 Å². The second-order valence-corrected chi connectivity index (χ2v) is 8.39. The molecule has 1 aliphatic rings. The third kappa shape index (κ3) is 6.82. The van der Waals surface area contributed by atoms with Gasteiger partial charge >= 0.3 is 5.97 Å². The Hall–Kier alpha value is -2.87. The van der Waals surface area contributed by atoms with Gasteiger partial charge in [-0.05, 0) is 56.2 Å². The Morgan fingerprint density at radius 1 is 1.10 bits per heavy atom. The molecule has 164 valence electrons. The van der Waals surface area contributed by atoms with Gasteiger partial charge in [-0.3, -0.25) is 9.59 Å². The van der Waals surface area contributed by atoms with Gasteiger partial charge in [0.2, 0.25) is 5.91 Å². The van der Waals surface area contributed by atoms with E-state index in [0.29, 0.717) is 16.1 Å². The van der Waals surface area contributed by atoms with E-state index in [1.807, 2.05) is 0 Å². The Bertz CT molecular complexity index is 929. The van der Waals surface area contributed by atoms with Crippen LogP contribution in [0.2, 0.25) is 0 Å². The molecule has 0 aromatic heterocycles. The topological polar surface area (TPSA) is 84.5 Å². The summed E-state index contributed by atoms with van der Waals surface area (Å²) in [6.07, 6.45) is 3.18. The van der Waals surface area contributed by atoms with Gasteiger partial charge in [-0.1, -0.05) is 25.0 Å². The predicted molar refractivity (Wildman–Crippen MR) is 117 cm³/mol. The lowest BCUT2D eigenvalue weighted by atomic mass is 10.2. The molecule has 0 radical (unpaired) electrons. The molecule has 1 saturated carbocycles. The number of ether oxygens (including phenoxy) is 1. The summed E-state index contributed by atoms with van der Waals surface area (Å²) in [5.41, 5.74) is 0.782. The molecule has 1 aliphatic carbocycles. The van der Waals surface area contributed by atoms with Crippen LogP contribution in [-0.2, 0) is 14.3 Å². The minimum absolute atomic E-state index is 0.0549. The van der Waals surface area contributed by atoms with Crippen LogP contribution in [0, 0.1) is 5.82 Å². The summed E-state index contributed by atoms with van der Waals surface area (Å²) >= 11 is 1.18. The number of hydrogen-bond acceptors (Lipinski definition) is 5. The van der Waals surface area contributed by atoms with E-state index in [2.05, 4.69) is 10.6 Å². The van der Waals surface area contributed by atoms with Gasteiger partial charge < -0.3 is 15.4 Å². The smallest absolute Gasteiger partial charge is 0.340 e. The first-order chi connectivity index (χ1) is 14.9. The van der Waals surface area contributed by atoms with Crippen molar-refractivity contribution in [3.05, 3.63) is 59.9 Å². The van der Waals surface area contributed by atoms with E-state index in [9.17, 15) is 18.8 Å². The van der Waals surface area contributed by atoms with Crippen LogP contribution in [0.4, 0.5) is 10.1 Å². The van der Waals surface area contributed by atoms with E-state index in [0.717, 1.165) is 25.7 Å². The Balaban J connectivity index is 1.54. The van der Waals surface area contributed by atoms with Crippen molar-refractivity contribution in [3.8, 4) is 0 Å². The highest BCUT2D eigenvalue weighted by Crippen LogP contribution is 2.24. The molecular weight excluding hydrogens is 419 g/mol. The Morgan fingerprint density at radius 2 is 1.77 bits per heavy atom. The molecule has 3 rings (SSSR count). The van der Waals surface area contributed by atoms with E-state index in [1.165, 1.54) is 36.0 Å². The summed E-state index contributed by atoms with van der Waals surface area (Å²) in [5, 5.41) is 5.59. The average molecular weight is 445 g/mol. The molecular formula is C23H25FN2O4S. The summed E-state index contributed by atoms with van der Waals surface area (Å²) in [6, 6.07) is 12.4. The number of nitrogens with one attached hydrogen (secondary N) is 2. The molecule has 31 heavy (non-hydrogen) atoms. The lowest BCUT2D eigenvalue weighted by molar-refractivity contribution is -0.129. The second kappa shape index (κ2) is 10.9. The van der Waals surface area contributed by atoms with Gasteiger partial charge in [0.05, 0.1) is 11.3 Å². The quantitative estimate of drug-likeness (QED) is 0.472. The van der Waals surface area contributed by atoms with Crippen LogP contribution < -0.4 is 10.6 Å². The predicted octanol–water partition coefficient (Wildman–Crippen LogP) is 4.16. The maximum Gasteiger partial charge on any atom is 0.340 e. The molecule has 8 heteroatoms. The summed E-state index contributed by atoms with van der Waals surface area (Å²) in [6.45, 7) is 1.55. The summed E-state index contributed by atoms with van der Waals surface area (Å²) in [4.78, 5) is 37.7. The van der Waals surface area contributed by atoms with Crippen molar-refractivity contribution in [2.24, 2.45) is 0 Å². The van der Waals surface area contributed by atoms with Crippen molar-refractivity contribution in [2.45, 2.75) is 49.6 Å². The number of halogens is 1. The van der Waals surface area contributed by atoms with Gasteiger partial charge in [-0.2, -0.15) is 0 Å². The van der Waals surface area contributed by atoms with Gasteiger partial charge in [0.1, 0.15) is 5.82 Å². The molecule has 2 aromatic rings. The zero-order valence-corrected chi connectivity index (χ0v) is 18.0. The molecule has 0 spiro atoms. The molecule has 2 N–H and O–H groups in total. The lowest BCUT2D eigenvalue weighted by Crippen LogP contribution is -2.40. The SMILES string of the molecule is C[C@@H](OC(=O)c1ccccc1SCC(=O)Nc1ccc(F)cc1)C(=O)NC1CCCC1. The zero-order valence-electron chi connectivity index (χ0n) is 17.2. The Kier molecular flexibility index (Phi) is 8.06. The Morgan fingerprint density at radius 3 is 2.48 bits per heavy atom. The minimum atomic E-state index is -0.909. The third-order valence-electron chi connectivity index (χ3n) is 4.95. The van der Waals surface area contributed by atoms with Gasteiger partial charge in [0, 0.05) is 16.6 Å². The molecule has 0 saturated heterocycles. The number of carbonyl (C=O) groups excluding carboxylic acids is 3. The van der Waals surface area contributed by atoms with Crippen molar-refractivity contribution in [3.63, 3.8) is 0 Å². The molecule has 1 fully saturated rings. The number of anilines is 1. The van der Waals surface area contributed by atoms with Crippen LogP contribution >= 0.6 is 11.8 Å². The second-order valence-electron chi connectivity index (χ2n) is 7.38. The number of benzene rings is 2. The molecule has 6 nitrogen and oxygen atoms in total. The van der Waals surface area contributed by atoms with Gasteiger partial charge in [-0.25, -0.2) is 9.18 Å². The Labute approximate surface area is 184 Å². The van der Waals surface area contributed by atoms with Gasteiger partial charge in [0.15, 0.2) is 6.10 Å². The number of amides is 2. The summed E-state index contributed by atoms with van der Waals surface area (Å²) in [7, 11) is 0. The van der Waals surface area contributed by atoms with E-state index < -0.39 is 12.1 Å². The fraction of sp³-hybridized carbons (Fsp3) is 0.348. The van der Waals surface area contributed by atoms with Crippen LogP contribution in [0.3, 0.4) is 0 Å². The number of thioether (sulfide) groups is 1. The van der Waals surface area contributed by atoms with Crippen LogP contribution in [0.15, 0.2) is 53.4 Å². The van der Waals surface area contributed by atoms with E-state index in [-0.39, 0.29) is 29.4 Å². The lowest BCUT2D eigenvalue weighted by Gasteiger charge is -2.17. The van der Waals surface area contributed by atoms with Crippen LogP contribution in [0.1, 0.15) is 43.0 Å². The monoisotopic (exact) mass is 444 g/mol. The van der Waals surface area contributed by atoms with Crippen LogP contribution in [-0.4, -0.2) is 35.7 Å². The molecule has 2 aromatic carbocycles. The van der Waals surface area contributed by atoms with Crippen molar-refractivity contribution in [1.82, 2.24) is 5.32 Å². The van der Waals surface area contributed by atoms with Crippen molar-refractivity contribution in [1.29, 1.82) is 0 Å². The van der Waals surface area contributed by atoms with Gasteiger partial charge in [0.25, 0.3) is 5.91 Å². The average Bonchev–Trinajstić information content (AvgIpc) is 3.27. The zero-order chi connectivity index (χ0) is 22.2. The largest absolute Gasteiger partial charge is 0.449 e. The number of esters is 1. The highest BCUT2D eigenvalue weighted by atomic mass is 32.2. The molecule has 0 heterocycles. The first-order valence-electron chi connectivity index (χ1n) is 10.2. The number of hydrogen-bond donors (Lipinski definition) is 2. The van der Waals surface area contributed by atoms with Crippen LogP contribution in [0.5, 0.6) is 0 Å². The van der Waals surface area contributed by atoms with Crippen molar-refractivity contribution >= 4 is 35.2 Å². The fourth-order valence-corrected chi connectivity index (χ4v) is 4.14.